The maximum atomic E-state index is 2.78. The lowest BCUT2D eigenvalue weighted by molar-refractivity contribution is 0.331. The summed E-state index contributed by atoms with van der Waals surface area (Å²) in [5, 5.41) is 0. The first-order valence-corrected chi connectivity index (χ1v) is 32.8. The molecule has 88 heavy (non-hydrogen) atoms. The molecule has 4 heteroatoms. The molecule has 0 amide bonds. The molecule has 0 bridgehead atoms. The minimum atomic E-state index is -0.297. The van der Waals surface area contributed by atoms with Gasteiger partial charge >= 0.3 is 6.85 Å². The largest absolute Gasteiger partial charge is 0.376 e. The van der Waals surface area contributed by atoms with E-state index in [0.29, 0.717) is 0 Å². The highest BCUT2D eigenvalue weighted by Gasteiger charge is 2.52. The number of hydrogen-bond acceptors (Lipinski definition) is 3. The van der Waals surface area contributed by atoms with Crippen molar-refractivity contribution in [3.05, 3.63) is 225 Å². The maximum absolute atomic E-state index is 2.78. The summed E-state index contributed by atoms with van der Waals surface area (Å²) in [5.41, 5.74) is 33.8. The summed E-state index contributed by atoms with van der Waals surface area (Å²) in [7, 11) is 0. The minimum absolute atomic E-state index is 0.0128. The quantitative estimate of drug-likeness (QED) is 0.159. The average molecular weight is 1150 g/mol. The van der Waals surface area contributed by atoms with Crippen molar-refractivity contribution in [3.8, 4) is 33.4 Å². The zero-order valence-corrected chi connectivity index (χ0v) is 56.5. The van der Waals surface area contributed by atoms with Crippen molar-refractivity contribution in [1.82, 2.24) is 0 Å². The number of hydrogen-bond donors (Lipinski definition) is 0. The number of fused-ring (bicyclic) bond motifs is 12. The Morgan fingerprint density at radius 1 is 0.364 bits per heavy atom. The fourth-order valence-electron chi connectivity index (χ4n) is 16.2. The third-order valence-electron chi connectivity index (χ3n) is 21.7. The summed E-state index contributed by atoms with van der Waals surface area (Å²) >= 11 is 0. The van der Waals surface area contributed by atoms with E-state index in [1.807, 2.05) is 0 Å². The first kappa shape index (κ1) is 58.1. The zero-order valence-electron chi connectivity index (χ0n) is 56.5. The fraction of sp³-hybridized carbons (Fsp3) is 0.357. The monoisotopic (exact) mass is 1150 g/mol. The molecule has 0 aromatic heterocycles. The number of benzene rings is 9. The molecule has 0 saturated carbocycles. The molecule has 9 aromatic rings. The average Bonchev–Trinajstić information content (AvgIpc) is 1.32. The Morgan fingerprint density at radius 3 is 1.36 bits per heavy atom. The van der Waals surface area contributed by atoms with Gasteiger partial charge in [0, 0.05) is 61.9 Å². The van der Waals surface area contributed by atoms with Crippen LogP contribution in [0, 0.1) is 0 Å². The van der Waals surface area contributed by atoms with Gasteiger partial charge in [0.2, 0.25) is 0 Å². The first-order chi connectivity index (χ1) is 41.2. The van der Waals surface area contributed by atoms with Crippen molar-refractivity contribution in [1.29, 1.82) is 0 Å². The summed E-state index contributed by atoms with van der Waals surface area (Å²) < 4.78 is 0. The second-order valence-corrected chi connectivity index (χ2v) is 33.4. The Labute approximate surface area is 528 Å². The van der Waals surface area contributed by atoms with E-state index >= 15 is 0 Å². The van der Waals surface area contributed by atoms with Gasteiger partial charge in [-0.25, -0.2) is 0 Å². The summed E-state index contributed by atoms with van der Waals surface area (Å²) in [6.45, 7) is 47.6. The van der Waals surface area contributed by atoms with Crippen LogP contribution in [0.4, 0.5) is 45.5 Å². The topological polar surface area (TPSA) is 9.72 Å². The second-order valence-electron chi connectivity index (χ2n) is 33.4. The zero-order chi connectivity index (χ0) is 62.5. The molecule has 9 aromatic carbocycles. The van der Waals surface area contributed by atoms with E-state index in [4.69, 9.17) is 0 Å². The predicted octanol–water partition coefficient (Wildman–Crippen LogP) is 22.0. The third-order valence-corrected chi connectivity index (χ3v) is 21.7. The van der Waals surface area contributed by atoms with E-state index in [2.05, 4.69) is 323 Å². The molecule has 0 N–H and O–H groups in total. The highest BCUT2D eigenvalue weighted by Crippen LogP contribution is 2.62. The molecule has 2 aliphatic heterocycles. The van der Waals surface area contributed by atoms with Crippen LogP contribution < -0.4 is 25.5 Å². The van der Waals surface area contributed by atoms with Gasteiger partial charge in [-0.2, -0.15) is 0 Å². The molecule has 0 saturated heterocycles. The molecule has 2 heterocycles. The molecular weight excluding hydrogens is 1060 g/mol. The van der Waals surface area contributed by atoms with Crippen molar-refractivity contribution >= 4 is 63.3 Å². The second kappa shape index (κ2) is 19.0. The maximum Gasteiger partial charge on any atom is 0.333 e. The number of rotatable bonds is 5. The first-order valence-electron chi connectivity index (χ1n) is 32.8. The highest BCUT2D eigenvalue weighted by atomic mass is 15.2. The fourth-order valence-corrected chi connectivity index (χ4v) is 16.2. The Balaban J connectivity index is 1.11. The van der Waals surface area contributed by atoms with Crippen molar-refractivity contribution < 1.29 is 0 Å². The van der Waals surface area contributed by atoms with E-state index in [-0.39, 0.29) is 50.2 Å². The SMILES string of the molecule is CC(C)(C)c1ccc(N2B3c4ccc(N(c5ccc(C(C)(C)C)cc5)c5ccc(C(C)(C)C)cc5)cc4N(c4ccc(C(C)(C)C)cc4)c4cc5c(c(c43)-c3cc4c(cc32)C(C)(C)c2cc3c(cc2-4)C(C)(C)CCC3(C)C)C(C)(C)c2ccccc2-5)cc1. The van der Waals surface area contributed by atoms with Crippen molar-refractivity contribution in [2.24, 2.45) is 0 Å². The van der Waals surface area contributed by atoms with Crippen molar-refractivity contribution in [2.45, 2.75) is 195 Å². The van der Waals surface area contributed by atoms with Crippen molar-refractivity contribution in [2.75, 3.05) is 14.6 Å². The molecule has 3 aliphatic carbocycles. The Morgan fingerprint density at radius 2 is 0.830 bits per heavy atom. The van der Waals surface area contributed by atoms with Crippen LogP contribution in [0.5, 0.6) is 0 Å². The molecule has 0 unspecified atom stereocenters. The van der Waals surface area contributed by atoms with Gasteiger partial charge in [0.25, 0.3) is 0 Å². The Hall–Kier alpha value is -7.56. The summed E-state index contributed by atoms with van der Waals surface area (Å²) in [6, 6.07) is 68.0. The van der Waals surface area contributed by atoms with Crippen LogP contribution in [0.3, 0.4) is 0 Å². The lowest BCUT2D eigenvalue weighted by Crippen LogP contribution is -2.62. The molecule has 14 rings (SSSR count). The third kappa shape index (κ3) is 8.78. The number of nitrogens with zero attached hydrogens (tertiary/aromatic N) is 3. The van der Waals surface area contributed by atoms with E-state index in [0.717, 1.165) is 22.7 Å². The van der Waals surface area contributed by atoms with E-state index in [1.54, 1.807) is 0 Å². The van der Waals surface area contributed by atoms with Crippen LogP contribution >= 0.6 is 0 Å². The minimum Gasteiger partial charge on any atom is -0.376 e. The van der Waals surface area contributed by atoms with E-state index in [1.165, 1.54) is 136 Å². The molecule has 0 radical (unpaired) electrons. The van der Waals surface area contributed by atoms with Crippen LogP contribution in [-0.2, 0) is 43.3 Å². The van der Waals surface area contributed by atoms with Gasteiger partial charge in [0.15, 0.2) is 0 Å². The molecule has 446 valence electrons. The van der Waals surface area contributed by atoms with Crippen LogP contribution in [0.2, 0.25) is 0 Å². The van der Waals surface area contributed by atoms with Gasteiger partial charge in [-0.05, 0) is 225 Å². The van der Waals surface area contributed by atoms with Crippen molar-refractivity contribution in [3.63, 3.8) is 0 Å². The molecular formula is C84H92BN3. The van der Waals surface area contributed by atoms with Crippen LogP contribution in [0.15, 0.2) is 170 Å². The van der Waals surface area contributed by atoms with Crippen LogP contribution in [0.25, 0.3) is 33.4 Å². The van der Waals surface area contributed by atoms with Gasteiger partial charge in [-0.3, -0.25) is 0 Å². The smallest absolute Gasteiger partial charge is 0.333 e. The highest BCUT2D eigenvalue weighted by molar-refractivity contribution is 6.93. The molecule has 5 aliphatic rings. The van der Waals surface area contributed by atoms with Gasteiger partial charge in [0.1, 0.15) is 0 Å². The Kier molecular flexibility index (Phi) is 12.5. The predicted molar refractivity (Wildman–Crippen MR) is 380 cm³/mol. The van der Waals surface area contributed by atoms with Crippen LogP contribution in [0.1, 0.15) is 207 Å². The van der Waals surface area contributed by atoms with Gasteiger partial charge < -0.3 is 14.6 Å². The lowest BCUT2D eigenvalue weighted by Gasteiger charge is -2.47. The van der Waals surface area contributed by atoms with Gasteiger partial charge in [-0.15, -0.1) is 0 Å². The lowest BCUT2D eigenvalue weighted by atomic mass is 9.42. The summed E-state index contributed by atoms with van der Waals surface area (Å²) in [5.74, 6) is 0. The van der Waals surface area contributed by atoms with E-state index in [9.17, 15) is 0 Å². The molecule has 0 atom stereocenters. The standard InChI is InChI=1S/C84H92BN3/c1-77(2,3)51-25-33-55(34-26-51)86(56-35-27-52(28-36-56)78(4,5)6)59-41-42-70-72(45-59)87(57-37-29-53(30-38-57)79(7,8)9)73-48-63-60-23-21-22-24-65(60)84(19,20)75(63)74-64-46-61-62-47-68-69(82(15,16)44-43-81(68,13)14)49-66(62)83(17,18)67(61)50-71(64)88(85(70)76(73)74)58-39-31-54(32-40-58)80(10,11)12/h21-42,45-50H,43-44H2,1-20H3. The molecule has 3 nitrogen and oxygen atoms in total. The summed E-state index contributed by atoms with van der Waals surface area (Å²) in [6.07, 6.45) is 2.37. The van der Waals surface area contributed by atoms with Gasteiger partial charge in [-0.1, -0.05) is 223 Å². The van der Waals surface area contributed by atoms with Crippen LogP contribution in [-0.4, -0.2) is 6.85 Å². The van der Waals surface area contributed by atoms with E-state index < -0.39 is 0 Å². The molecule has 0 fully saturated rings. The normalized spacial score (nSPS) is 17.1. The van der Waals surface area contributed by atoms with Gasteiger partial charge in [0.05, 0.1) is 0 Å². The number of anilines is 8. The Bertz CT molecular complexity index is 4270. The summed E-state index contributed by atoms with van der Waals surface area (Å²) in [4.78, 5) is 7.93. The molecule has 0 spiro atoms.